The molecule has 0 radical (unpaired) electrons. The Morgan fingerprint density at radius 1 is 1.37 bits per heavy atom. The van der Waals surface area contributed by atoms with Gasteiger partial charge in [-0.25, -0.2) is 9.37 Å². The minimum absolute atomic E-state index is 0.172. The Kier molecular flexibility index (Phi) is 4.37. The lowest BCUT2D eigenvalue weighted by Gasteiger charge is -2.06. The molecule has 0 saturated heterocycles. The fourth-order valence-corrected chi connectivity index (χ4v) is 2.45. The van der Waals surface area contributed by atoms with E-state index in [1.54, 1.807) is 18.2 Å². The largest absolute Gasteiger partial charge is 0.301 e. The van der Waals surface area contributed by atoms with Crippen LogP contribution in [0.25, 0.3) is 0 Å². The molecule has 3 nitrogen and oxygen atoms in total. The molecule has 1 aromatic carbocycles. The van der Waals surface area contributed by atoms with Gasteiger partial charge in [0.05, 0.1) is 5.69 Å². The van der Waals surface area contributed by atoms with Crippen LogP contribution in [0.5, 0.6) is 0 Å². The van der Waals surface area contributed by atoms with E-state index in [0.29, 0.717) is 16.5 Å². The van der Waals surface area contributed by atoms with Crippen LogP contribution in [0, 0.1) is 5.82 Å². The third-order valence-corrected chi connectivity index (χ3v) is 3.58. The fourth-order valence-electron chi connectivity index (χ4n) is 1.58. The van der Waals surface area contributed by atoms with E-state index in [4.69, 9.17) is 0 Å². The van der Waals surface area contributed by atoms with Gasteiger partial charge in [0.15, 0.2) is 5.16 Å². The topological polar surface area (TPSA) is 45.8 Å². The second-order valence-electron chi connectivity index (χ2n) is 4.51. The van der Waals surface area contributed by atoms with Crippen LogP contribution < -0.4 is 5.56 Å². The first kappa shape index (κ1) is 13.8. The van der Waals surface area contributed by atoms with Crippen LogP contribution in [0.2, 0.25) is 0 Å². The van der Waals surface area contributed by atoms with Gasteiger partial charge in [-0.2, -0.15) is 0 Å². The Morgan fingerprint density at radius 3 is 2.79 bits per heavy atom. The van der Waals surface area contributed by atoms with E-state index in [0.717, 1.165) is 5.69 Å². The van der Waals surface area contributed by atoms with Crippen molar-refractivity contribution in [2.24, 2.45) is 0 Å². The van der Waals surface area contributed by atoms with Gasteiger partial charge >= 0.3 is 0 Å². The third-order valence-electron chi connectivity index (χ3n) is 2.65. The van der Waals surface area contributed by atoms with E-state index in [1.807, 2.05) is 13.8 Å². The number of aromatic nitrogens is 2. The summed E-state index contributed by atoms with van der Waals surface area (Å²) in [6.45, 7) is 3.96. The molecular formula is C14H15FN2OS. The standard InChI is InChI=1S/C14H15FN2OS/c1-9(2)12-7-13(18)17-14(16-12)19-8-10-5-3-4-6-11(10)15/h3-7,9H,8H2,1-2H3,(H,16,17,18). The third kappa shape index (κ3) is 3.67. The molecule has 2 aromatic rings. The number of rotatable bonds is 4. The van der Waals surface area contributed by atoms with Crippen molar-refractivity contribution in [1.29, 1.82) is 0 Å². The summed E-state index contributed by atoms with van der Waals surface area (Å²) in [5, 5.41) is 0.527. The maximum atomic E-state index is 13.5. The highest BCUT2D eigenvalue weighted by atomic mass is 32.2. The van der Waals surface area contributed by atoms with Gasteiger partial charge in [0.2, 0.25) is 0 Å². The van der Waals surface area contributed by atoms with Crippen LogP contribution in [0.3, 0.4) is 0 Å². The van der Waals surface area contributed by atoms with E-state index >= 15 is 0 Å². The molecule has 0 unspecified atom stereocenters. The zero-order chi connectivity index (χ0) is 13.8. The average molecular weight is 278 g/mol. The molecule has 1 heterocycles. The molecular weight excluding hydrogens is 263 g/mol. The fraction of sp³-hybridized carbons (Fsp3) is 0.286. The average Bonchev–Trinajstić information content (AvgIpc) is 2.37. The number of benzene rings is 1. The maximum Gasteiger partial charge on any atom is 0.251 e. The molecule has 0 aliphatic heterocycles. The first-order valence-corrected chi connectivity index (χ1v) is 7.02. The summed E-state index contributed by atoms with van der Waals surface area (Å²) in [5.74, 6) is 0.393. The van der Waals surface area contributed by atoms with Gasteiger partial charge in [0, 0.05) is 11.8 Å². The number of hydrogen-bond donors (Lipinski definition) is 1. The summed E-state index contributed by atoms with van der Waals surface area (Å²) < 4.78 is 13.5. The van der Waals surface area contributed by atoms with Crippen molar-refractivity contribution in [3.63, 3.8) is 0 Å². The van der Waals surface area contributed by atoms with Crippen LogP contribution in [0.4, 0.5) is 4.39 Å². The first-order valence-electron chi connectivity index (χ1n) is 6.03. The van der Waals surface area contributed by atoms with Crippen LogP contribution >= 0.6 is 11.8 Å². The van der Waals surface area contributed by atoms with Crippen molar-refractivity contribution >= 4 is 11.8 Å². The molecule has 1 N–H and O–H groups in total. The lowest BCUT2D eigenvalue weighted by Crippen LogP contribution is -2.10. The predicted octanol–water partition coefficient (Wildman–Crippen LogP) is 3.32. The van der Waals surface area contributed by atoms with Gasteiger partial charge in [0.1, 0.15) is 5.82 Å². The zero-order valence-electron chi connectivity index (χ0n) is 10.8. The summed E-state index contributed by atoms with van der Waals surface area (Å²) in [7, 11) is 0. The molecule has 0 spiro atoms. The van der Waals surface area contributed by atoms with Crippen molar-refractivity contribution < 1.29 is 4.39 Å². The second-order valence-corrected chi connectivity index (χ2v) is 5.47. The quantitative estimate of drug-likeness (QED) is 0.689. The molecule has 1 aromatic heterocycles. The van der Waals surface area contributed by atoms with Crippen molar-refractivity contribution in [1.82, 2.24) is 9.97 Å². The highest BCUT2D eigenvalue weighted by Crippen LogP contribution is 2.21. The monoisotopic (exact) mass is 278 g/mol. The Labute approximate surface area is 115 Å². The molecule has 0 aliphatic carbocycles. The molecule has 100 valence electrons. The van der Waals surface area contributed by atoms with Gasteiger partial charge in [-0.05, 0) is 17.5 Å². The number of halogens is 1. The summed E-state index contributed by atoms with van der Waals surface area (Å²) in [6.07, 6.45) is 0. The van der Waals surface area contributed by atoms with Gasteiger partial charge < -0.3 is 4.98 Å². The van der Waals surface area contributed by atoms with Crippen LogP contribution in [0.1, 0.15) is 31.0 Å². The van der Waals surface area contributed by atoms with Gasteiger partial charge in [-0.1, -0.05) is 43.8 Å². The number of aromatic amines is 1. The van der Waals surface area contributed by atoms with Crippen LogP contribution in [0.15, 0.2) is 40.3 Å². The smallest absolute Gasteiger partial charge is 0.251 e. The number of nitrogens with one attached hydrogen (secondary N) is 1. The summed E-state index contributed by atoms with van der Waals surface area (Å²) in [5.41, 5.74) is 1.18. The van der Waals surface area contributed by atoms with Crippen LogP contribution in [-0.4, -0.2) is 9.97 Å². The van der Waals surface area contributed by atoms with Crippen molar-refractivity contribution in [3.8, 4) is 0 Å². The van der Waals surface area contributed by atoms with Crippen molar-refractivity contribution in [2.75, 3.05) is 0 Å². The Balaban J connectivity index is 2.16. The molecule has 0 aliphatic rings. The normalized spacial score (nSPS) is 10.9. The lowest BCUT2D eigenvalue weighted by atomic mass is 10.1. The van der Waals surface area contributed by atoms with E-state index in [-0.39, 0.29) is 17.3 Å². The van der Waals surface area contributed by atoms with Gasteiger partial charge in [-0.15, -0.1) is 0 Å². The number of thioether (sulfide) groups is 1. The SMILES string of the molecule is CC(C)c1cc(=O)[nH]c(SCc2ccccc2F)n1. The summed E-state index contributed by atoms with van der Waals surface area (Å²) in [4.78, 5) is 18.5. The van der Waals surface area contributed by atoms with Gasteiger partial charge in [0.25, 0.3) is 5.56 Å². The minimum atomic E-state index is -0.239. The highest BCUT2D eigenvalue weighted by Gasteiger charge is 2.07. The summed E-state index contributed by atoms with van der Waals surface area (Å²) in [6, 6.07) is 8.10. The molecule has 0 saturated carbocycles. The molecule has 0 fully saturated rings. The van der Waals surface area contributed by atoms with Crippen LogP contribution in [-0.2, 0) is 5.75 Å². The van der Waals surface area contributed by atoms with E-state index in [9.17, 15) is 9.18 Å². The number of H-pyrrole nitrogens is 1. The number of nitrogens with zero attached hydrogens (tertiary/aromatic N) is 1. The Bertz CT molecular complexity index is 625. The molecule has 0 bridgehead atoms. The number of hydrogen-bond acceptors (Lipinski definition) is 3. The zero-order valence-corrected chi connectivity index (χ0v) is 11.6. The lowest BCUT2D eigenvalue weighted by molar-refractivity contribution is 0.617. The molecule has 19 heavy (non-hydrogen) atoms. The molecule has 2 rings (SSSR count). The Hall–Kier alpha value is -1.62. The second kappa shape index (κ2) is 6.02. The molecule has 0 amide bonds. The van der Waals surface area contributed by atoms with E-state index in [1.165, 1.54) is 23.9 Å². The van der Waals surface area contributed by atoms with Crippen molar-refractivity contribution in [2.45, 2.75) is 30.7 Å². The minimum Gasteiger partial charge on any atom is -0.301 e. The maximum absolute atomic E-state index is 13.5. The van der Waals surface area contributed by atoms with Crippen molar-refractivity contribution in [3.05, 3.63) is 57.8 Å². The highest BCUT2D eigenvalue weighted by molar-refractivity contribution is 7.98. The van der Waals surface area contributed by atoms with E-state index < -0.39 is 0 Å². The first-order chi connectivity index (χ1) is 9.06. The predicted molar refractivity (Wildman–Crippen MR) is 74.9 cm³/mol. The summed E-state index contributed by atoms with van der Waals surface area (Å²) >= 11 is 1.33. The van der Waals surface area contributed by atoms with Gasteiger partial charge in [-0.3, -0.25) is 4.79 Å². The Morgan fingerprint density at radius 2 is 2.11 bits per heavy atom. The molecule has 0 atom stereocenters. The molecule has 5 heteroatoms. The van der Waals surface area contributed by atoms with E-state index in [2.05, 4.69) is 9.97 Å².